The Bertz CT molecular complexity index is 1370. The summed E-state index contributed by atoms with van der Waals surface area (Å²) in [5.41, 5.74) is 1.41. The van der Waals surface area contributed by atoms with Gasteiger partial charge in [0.25, 0.3) is 5.56 Å². The highest BCUT2D eigenvalue weighted by molar-refractivity contribution is 5.85. The zero-order valence-electron chi connectivity index (χ0n) is 17.8. The summed E-state index contributed by atoms with van der Waals surface area (Å²) in [5, 5.41) is 2.58. The third-order valence-corrected chi connectivity index (χ3v) is 6.23. The number of aromatic amines is 1. The fraction of sp³-hybridized carbons (Fsp3) is 0.348. The van der Waals surface area contributed by atoms with Gasteiger partial charge in [0, 0.05) is 46.3 Å². The Morgan fingerprint density at radius 2 is 1.74 bits per heavy atom. The first-order chi connectivity index (χ1) is 15.1. The Labute approximate surface area is 179 Å². The van der Waals surface area contributed by atoms with Crippen molar-refractivity contribution >= 4 is 27.9 Å². The van der Waals surface area contributed by atoms with Gasteiger partial charge in [-0.2, -0.15) is 4.98 Å². The van der Waals surface area contributed by atoms with E-state index >= 15 is 0 Å². The minimum absolute atomic E-state index is 0.381. The van der Waals surface area contributed by atoms with Crippen molar-refractivity contribution in [1.82, 2.24) is 24.0 Å². The lowest BCUT2D eigenvalue weighted by Crippen LogP contribution is -2.46. The molecule has 1 saturated heterocycles. The third kappa shape index (κ3) is 3.33. The van der Waals surface area contributed by atoms with E-state index in [0.717, 1.165) is 38.7 Å². The van der Waals surface area contributed by atoms with Crippen molar-refractivity contribution in [3.63, 3.8) is 0 Å². The van der Waals surface area contributed by atoms with Gasteiger partial charge in [-0.3, -0.25) is 19.2 Å². The van der Waals surface area contributed by atoms with Crippen LogP contribution in [0.2, 0.25) is 0 Å². The van der Waals surface area contributed by atoms with Crippen molar-refractivity contribution < 1.29 is 0 Å². The molecule has 0 aliphatic carbocycles. The van der Waals surface area contributed by atoms with Crippen LogP contribution in [0.15, 0.2) is 52.1 Å². The molecule has 0 bridgehead atoms. The number of fused-ring (bicyclic) bond motifs is 2. The van der Waals surface area contributed by atoms with E-state index in [2.05, 4.69) is 57.2 Å². The molecule has 5 rings (SSSR count). The SMILES string of the molecule is CCn1c(N2CCN(Cc3cccc4ccccc34)CC2)nc2c1c(=O)[nH]c(=O)n2C. The van der Waals surface area contributed by atoms with Crippen LogP contribution in [0.1, 0.15) is 12.5 Å². The molecule has 8 heteroatoms. The first kappa shape index (κ1) is 19.6. The largest absolute Gasteiger partial charge is 0.340 e. The molecule has 160 valence electrons. The van der Waals surface area contributed by atoms with E-state index in [0.29, 0.717) is 17.7 Å². The molecule has 0 spiro atoms. The number of piperazine rings is 1. The van der Waals surface area contributed by atoms with Gasteiger partial charge in [0.1, 0.15) is 0 Å². The second-order valence-electron chi connectivity index (χ2n) is 8.05. The van der Waals surface area contributed by atoms with Crippen LogP contribution in [0.25, 0.3) is 21.9 Å². The highest BCUT2D eigenvalue weighted by atomic mass is 16.2. The van der Waals surface area contributed by atoms with Gasteiger partial charge in [-0.05, 0) is 23.3 Å². The molecule has 2 aromatic carbocycles. The van der Waals surface area contributed by atoms with Gasteiger partial charge in [0.05, 0.1) is 0 Å². The number of anilines is 1. The number of nitrogens with zero attached hydrogens (tertiary/aromatic N) is 5. The van der Waals surface area contributed by atoms with Crippen molar-refractivity contribution in [1.29, 1.82) is 0 Å². The van der Waals surface area contributed by atoms with Crippen molar-refractivity contribution in [2.24, 2.45) is 7.05 Å². The lowest BCUT2D eigenvalue weighted by Gasteiger charge is -2.35. The number of aryl methyl sites for hydroxylation is 2. The maximum absolute atomic E-state index is 12.4. The number of rotatable bonds is 4. The quantitative estimate of drug-likeness (QED) is 0.548. The summed E-state index contributed by atoms with van der Waals surface area (Å²) < 4.78 is 3.32. The van der Waals surface area contributed by atoms with E-state index < -0.39 is 5.69 Å². The maximum atomic E-state index is 12.4. The number of benzene rings is 2. The van der Waals surface area contributed by atoms with E-state index in [-0.39, 0.29) is 5.56 Å². The second kappa shape index (κ2) is 7.70. The van der Waals surface area contributed by atoms with Crippen molar-refractivity contribution in [3.05, 3.63) is 68.9 Å². The summed E-state index contributed by atoms with van der Waals surface area (Å²) in [5.74, 6) is 0.758. The minimum Gasteiger partial charge on any atom is -0.340 e. The van der Waals surface area contributed by atoms with Gasteiger partial charge in [-0.15, -0.1) is 0 Å². The lowest BCUT2D eigenvalue weighted by molar-refractivity contribution is 0.249. The van der Waals surface area contributed by atoms with E-state index in [1.807, 2.05) is 11.5 Å². The van der Waals surface area contributed by atoms with Gasteiger partial charge in [0.2, 0.25) is 5.95 Å². The molecular weight excluding hydrogens is 392 g/mol. The number of aromatic nitrogens is 4. The normalized spacial score (nSPS) is 15.2. The van der Waals surface area contributed by atoms with Crippen molar-refractivity contribution in [2.45, 2.75) is 20.0 Å². The van der Waals surface area contributed by atoms with Gasteiger partial charge in [0.15, 0.2) is 11.2 Å². The summed E-state index contributed by atoms with van der Waals surface area (Å²) in [6, 6.07) is 15.0. The van der Waals surface area contributed by atoms with Crippen LogP contribution < -0.4 is 16.1 Å². The smallest absolute Gasteiger partial charge is 0.329 e. The summed E-state index contributed by atoms with van der Waals surface area (Å²) in [7, 11) is 1.64. The molecule has 1 fully saturated rings. The monoisotopic (exact) mass is 418 g/mol. The van der Waals surface area contributed by atoms with Gasteiger partial charge < -0.3 is 9.47 Å². The highest BCUT2D eigenvalue weighted by Crippen LogP contribution is 2.23. The molecule has 1 aliphatic rings. The molecule has 0 amide bonds. The molecule has 1 N–H and O–H groups in total. The minimum atomic E-state index is -0.440. The predicted octanol–water partition coefficient (Wildman–Crippen LogP) is 1.92. The van der Waals surface area contributed by atoms with E-state index in [4.69, 9.17) is 4.98 Å². The lowest BCUT2D eigenvalue weighted by atomic mass is 10.0. The standard InChI is InChI=1S/C23H26N6O2/c1-3-29-19-20(26(2)23(31)25-21(19)30)24-22(29)28-13-11-27(12-14-28)15-17-9-6-8-16-7-4-5-10-18(16)17/h4-10H,3,11-15H2,1-2H3,(H,25,30,31). The summed E-state index contributed by atoms with van der Waals surface area (Å²) in [6.45, 7) is 6.97. The molecule has 0 atom stereocenters. The fourth-order valence-electron chi connectivity index (χ4n) is 4.54. The van der Waals surface area contributed by atoms with Crippen LogP contribution in [-0.2, 0) is 20.1 Å². The molecule has 0 unspecified atom stereocenters. The van der Waals surface area contributed by atoms with Crippen LogP contribution >= 0.6 is 0 Å². The topological polar surface area (TPSA) is 79.2 Å². The summed E-state index contributed by atoms with van der Waals surface area (Å²) in [4.78, 5) is 36.2. The molecule has 0 saturated carbocycles. The maximum Gasteiger partial charge on any atom is 0.329 e. The Morgan fingerprint density at radius 1 is 1.00 bits per heavy atom. The summed E-state index contributed by atoms with van der Waals surface area (Å²) >= 11 is 0. The first-order valence-electron chi connectivity index (χ1n) is 10.7. The highest BCUT2D eigenvalue weighted by Gasteiger charge is 2.24. The van der Waals surface area contributed by atoms with Crippen molar-refractivity contribution in [2.75, 3.05) is 31.1 Å². The molecular formula is C23H26N6O2. The van der Waals surface area contributed by atoms with Crippen LogP contribution in [-0.4, -0.2) is 50.2 Å². The first-order valence-corrected chi connectivity index (χ1v) is 10.7. The zero-order valence-corrected chi connectivity index (χ0v) is 17.8. The van der Waals surface area contributed by atoms with Crippen LogP contribution in [0, 0.1) is 0 Å². The van der Waals surface area contributed by atoms with E-state index in [1.54, 1.807) is 7.05 Å². The molecule has 0 radical (unpaired) electrons. The number of hydrogen-bond donors (Lipinski definition) is 1. The van der Waals surface area contributed by atoms with E-state index in [1.165, 1.54) is 20.9 Å². The zero-order chi connectivity index (χ0) is 21.5. The van der Waals surface area contributed by atoms with Crippen LogP contribution in [0.4, 0.5) is 5.95 Å². The van der Waals surface area contributed by atoms with Crippen molar-refractivity contribution in [3.8, 4) is 0 Å². The Kier molecular flexibility index (Phi) is 4.86. The number of nitrogens with one attached hydrogen (secondary N) is 1. The van der Waals surface area contributed by atoms with Gasteiger partial charge in [-0.1, -0.05) is 42.5 Å². The average molecular weight is 419 g/mol. The third-order valence-electron chi connectivity index (χ3n) is 6.23. The van der Waals surface area contributed by atoms with Gasteiger partial charge >= 0.3 is 5.69 Å². The average Bonchev–Trinajstić information content (AvgIpc) is 3.19. The van der Waals surface area contributed by atoms with Gasteiger partial charge in [-0.25, -0.2) is 4.79 Å². The van der Waals surface area contributed by atoms with Crippen LogP contribution in [0.3, 0.4) is 0 Å². The number of hydrogen-bond acceptors (Lipinski definition) is 5. The molecule has 3 heterocycles. The molecule has 8 nitrogen and oxygen atoms in total. The van der Waals surface area contributed by atoms with Crippen LogP contribution in [0.5, 0.6) is 0 Å². The Hall–Kier alpha value is -3.39. The molecule has 2 aromatic heterocycles. The fourth-order valence-corrected chi connectivity index (χ4v) is 4.54. The Morgan fingerprint density at radius 3 is 2.52 bits per heavy atom. The molecule has 1 aliphatic heterocycles. The van der Waals surface area contributed by atoms with E-state index in [9.17, 15) is 9.59 Å². The molecule has 31 heavy (non-hydrogen) atoms. The summed E-state index contributed by atoms with van der Waals surface area (Å²) in [6.07, 6.45) is 0. The second-order valence-corrected chi connectivity index (χ2v) is 8.05. The number of H-pyrrole nitrogens is 1. The predicted molar refractivity (Wildman–Crippen MR) is 123 cm³/mol. The Balaban J connectivity index is 1.39. The number of imidazole rings is 1. The molecule has 4 aromatic rings.